The van der Waals surface area contributed by atoms with Crippen molar-refractivity contribution in [2.75, 3.05) is 5.32 Å². The van der Waals surface area contributed by atoms with Crippen LogP contribution in [0.2, 0.25) is 0 Å². The largest absolute Gasteiger partial charge is 0.508 e. The lowest BCUT2D eigenvalue weighted by Crippen LogP contribution is -2.37. The number of nitrogens with zero attached hydrogens (tertiary/aromatic N) is 3. The van der Waals surface area contributed by atoms with Crippen LogP contribution in [0.15, 0.2) is 70.3 Å². The number of hydrogen-bond donors (Lipinski definition) is 2. The molecule has 3 heterocycles. The molecule has 8 heteroatoms. The molecule has 186 valence electrons. The molecule has 0 fully saturated rings. The summed E-state index contributed by atoms with van der Waals surface area (Å²) in [5.74, 6) is -0.418. The highest BCUT2D eigenvalue weighted by atomic mass is 19.1. The number of anilines is 1. The molecule has 2 aromatic heterocycles. The molecule has 5 aromatic rings. The van der Waals surface area contributed by atoms with E-state index in [1.165, 1.54) is 17.7 Å². The van der Waals surface area contributed by atoms with Crippen LogP contribution in [0.3, 0.4) is 0 Å². The molecule has 0 aliphatic carbocycles. The van der Waals surface area contributed by atoms with Crippen LogP contribution in [0, 0.1) is 19.7 Å². The molecule has 3 aromatic carbocycles. The number of benzene rings is 3. The number of aryl methyl sites for hydroxylation is 3. The van der Waals surface area contributed by atoms with Crippen molar-refractivity contribution >= 4 is 16.6 Å². The maximum absolute atomic E-state index is 15.4. The predicted octanol–water partition coefficient (Wildman–Crippen LogP) is 4.67. The first-order valence-electron chi connectivity index (χ1n) is 12.0. The van der Waals surface area contributed by atoms with Crippen molar-refractivity contribution in [1.29, 1.82) is 0 Å². The van der Waals surface area contributed by atoms with E-state index in [0.717, 1.165) is 27.1 Å². The van der Waals surface area contributed by atoms with E-state index in [-0.39, 0.29) is 16.7 Å². The third kappa shape index (κ3) is 3.11. The summed E-state index contributed by atoms with van der Waals surface area (Å²) in [5.41, 5.74) is 4.70. The van der Waals surface area contributed by atoms with Gasteiger partial charge in [-0.2, -0.15) is 0 Å². The smallest absolute Gasteiger partial charge is 0.331 e. The third-order valence-electron chi connectivity index (χ3n) is 7.41. The van der Waals surface area contributed by atoms with Gasteiger partial charge in [-0.25, -0.2) is 9.18 Å². The molecule has 1 atom stereocenters. The summed E-state index contributed by atoms with van der Waals surface area (Å²) >= 11 is 0. The highest BCUT2D eigenvalue weighted by Crippen LogP contribution is 2.47. The van der Waals surface area contributed by atoms with E-state index in [9.17, 15) is 14.7 Å². The lowest BCUT2D eigenvalue weighted by Gasteiger charge is -2.32. The minimum atomic E-state index is -0.628. The van der Waals surface area contributed by atoms with Gasteiger partial charge in [-0.1, -0.05) is 30.3 Å². The fraction of sp³-hybridized carbons (Fsp3) is 0.172. The van der Waals surface area contributed by atoms with Crippen molar-refractivity contribution in [3.05, 3.63) is 110 Å². The molecule has 7 nitrogen and oxygen atoms in total. The molecular formula is C29H25FN4O3. The molecule has 6 rings (SSSR count). The number of halogens is 1. The van der Waals surface area contributed by atoms with Crippen LogP contribution in [-0.2, 0) is 14.1 Å². The second-order valence-electron chi connectivity index (χ2n) is 9.57. The quantitative estimate of drug-likeness (QED) is 0.372. The molecule has 1 aliphatic rings. The normalized spacial score (nSPS) is 14.4. The van der Waals surface area contributed by atoms with Gasteiger partial charge in [0.15, 0.2) is 0 Å². The molecule has 1 aliphatic heterocycles. The van der Waals surface area contributed by atoms with Gasteiger partial charge in [0.2, 0.25) is 0 Å². The number of para-hydroxylation sites is 1. The van der Waals surface area contributed by atoms with E-state index in [0.29, 0.717) is 22.5 Å². The minimum absolute atomic E-state index is 0.0643. The average Bonchev–Trinajstić information content (AvgIpc) is 3.24. The Morgan fingerprint density at radius 2 is 1.59 bits per heavy atom. The zero-order valence-electron chi connectivity index (χ0n) is 20.8. The zero-order valence-corrected chi connectivity index (χ0v) is 20.8. The Morgan fingerprint density at radius 3 is 2.32 bits per heavy atom. The average molecular weight is 497 g/mol. The van der Waals surface area contributed by atoms with Crippen LogP contribution in [0.5, 0.6) is 5.75 Å². The topological polar surface area (TPSA) is 81.2 Å². The van der Waals surface area contributed by atoms with Gasteiger partial charge in [0, 0.05) is 25.2 Å². The summed E-state index contributed by atoms with van der Waals surface area (Å²) in [6.45, 7) is 4.00. The van der Waals surface area contributed by atoms with Gasteiger partial charge in [-0.05, 0) is 55.3 Å². The van der Waals surface area contributed by atoms with E-state index in [1.807, 2.05) is 36.6 Å². The molecule has 0 spiro atoms. The van der Waals surface area contributed by atoms with Crippen LogP contribution < -0.4 is 16.6 Å². The Labute approximate surface area is 211 Å². The van der Waals surface area contributed by atoms with Gasteiger partial charge in [0.25, 0.3) is 5.56 Å². The highest BCUT2D eigenvalue weighted by molar-refractivity contribution is 5.99. The number of fused-ring (bicyclic) bond motifs is 5. The Kier molecular flexibility index (Phi) is 4.91. The van der Waals surface area contributed by atoms with Crippen LogP contribution in [0.1, 0.15) is 28.4 Å². The van der Waals surface area contributed by atoms with E-state index in [1.54, 1.807) is 43.4 Å². The van der Waals surface area contributed by atoms with Crippen molar-refractivity contribution in [1.82, 2.24) is 13.7 Å². The van der Waals surface area contributed by atoms with E-state index < -0.39 is 23.1 Å². The van der Waals surface area contributed by atoms with Crippen molar-refractivity contribution in [3.8, 4) is 22.7 Å². The first-order valence-corrected chi connectivity index (χ1v) is 12.0. The summed E-state index contributed by atoms with van der Waals surface area (Å²) in [4.78, 5) is 26.8. The van der Waals surface area contributed by atoms with Gasteiger partial charge < -0.3 is 15.0 Å². The van der Waals surface area contributed by atoms with Crippen LogP contribution >= 0.6 is 0 Å². The van der Waals surface area contributed by atoms with Crippen molar-refractivity contribution in [3.63, 3.8) is 0 Å². The van der Waals surface area contributed by atoms with Crippen molar-refractivity contribution < 1.29 is 9.50 Å². The first kappa shape index (κ1) is 22.8. The highest BCUT2D eigenvalue weighted by Gasteiger charge is 2.36. The molecular weight excluding hydrogens is 471 g/mol. The monoisotopic (exact) mass is 496 g/mol. The number of phenols is 1. The van der Waals surface area contributed by atoms with Crippen LogP contribution in [-0.4, -0.2) is 18.8 Å². The van der Waals surface area contributed by atoms with E-state index in [2.05, 4.69) is 5.32 Å². The van der Waals surface area contributed by atoms with Gasteiger partial charge >= 0.3 is 5.69 Å². The molecule has 0 amide bonds. The molecule has 0 radical (unpaired) electrons. The van der Waals surface area contributed by atoms with Crippen molar-refractivity contribution in [2.24, 2.45) is 14.1 Å². The fourth-order valence-corrected chi connectivity index (χ4v) is 5.40. The summed E-state index contributed by atoms with van der Waals surface area (Å²) in [6.07, 6.45) is 0. The molecule has 0 bridgehead atoms. The molecule has 2 N–H and O–H groups in total. The van der Waals surface area contributed by atoms with Gasteiger partial charge in [-0.15, -0.1) is 0 Å². The summed E-state index contributed by atoms with van der Waals surface area (Å²) in [7, 11) is 3.03. The zero-order chi connectivity index (χ0) is 26.2. The van der Waals surface area contributed by atoms with Gasteiger partial charge in [0.1, 0.15) is 11.6 Å². The standard InChI is InChI=1S/C29H25FN4O3/c1-15-13-20-21(14-16(15)2)34-25(17-9-5-7-11-19(17)30)23-26(32(3)29(37)33(4)28(23)36)27(34)24(31-20)18-10-6-8-12-22(18)35/h5-14,24,31,35H,1-4H3. The maximum Gasteiger partial charge on any atom is 0.331 e. The Balaban J connectivity index is 1.91. The minimum Gasteiger partial charge on any atom is -0.508 e. The van der Waals surface area contributed by atoms with E-state index in [4.69, 9.17) is 0 Å². The second-order valence-corrected chi connectivity index (χ2v) is 9.57. The Hall–Kier alpha value is -4.59. The van der Waals surface area contributed by atoms with Gasteiger partial charge in [0.05, 0.1) is 39.7 Å². The molecule has 1 unspecified atom stereocenters. The predicted molar refractivity (Wildman–Crippen MR) is 142 cm³/mol. The number of hydrogen-bond acceptors (Lipinski definition) is 4. The Morgan fingerprint density at radius 1 is 0.919 bits per heavy atom. The van der Waals surface area contributed by atoms with E-state index >= 15 is 4.39 Å². The summed E-state index contributed by atoms with van der Waals surface area (Å²) in [5, 5.41) is 14.6. The molecule has 0 saturated carbocycles. The molecule has 0 saturated heterocycles. The summed E-state index contributed by atoms with van der Waals surface area (Å²) < 4.78 is 19.8. The fourth-order valence-electron chi connectivity index (χ4n) is 5.40. The van der Waals surface area contributed by atoms with Crippen LogP contribution in [0.25, 0.3) is 27.8 Å². The number of aromatic nitrogens is 3. The lowest BCUT2D eigenvalue weighted by molar-refractivity contribution is 0.465. The molecule has 37 heavy (non-hydrogen) atoms. The number of nitrogens with one attached hydrogen (secondary N) is 1. The lowest BCUT2D eigenvalue weighted by atomic mass is 9.97. The number of phenolic OH excluding ortho intramolecular Hbond substituents is 1. The summed E-state index contributed by atoms with van der Waals surface area (Å²) in [6, 6.07) is 16.6. The number of rotatable bonds is 2. The number of aromatic hydroxyl groups is 1. The van der Waals surface area contributed by atoms with Crippen molar-refractivity contribution in [2.45, 2.75) is 19.9 Å². The van der Waals surface area contributed by atoms with Gasteiger partial charge in [-0.3, -0.25) is 13.9 Å². The second kappa shape index (κ2) is 7.96. The Bertz CT molecular complexity index is 1880. The first-order chi connectivity index (χ1) is 17.7. The third-order valence-corrected chi connectivity index (χ3v) is 7.41. The van der Waals surface area contributed by atoms with Crippen LogP contribution in [0.4, 0.5) is 10.1 Å². The SMILES string of the molecule is Cc1cc2c(cc1C)-n1c(-c3ccccc3F)c3c(=O)n(C)c(=O)n(C)c3c1C(c1ccccc1O)N2. The maximum atomic E-state index is 15.4.